The number of amidine groups is 1. The summed E-state index contributed by atoms with van der Waals surface area (Å²) in [7, 11) is 0. The number of ketones is 1. The van der Waals surface area contributed by atoms with E-state index in [0.29, 0.717) is 18.8 Å². The number of hydrogen-bond donors (Lipinski definition) is 1. The molecule has 0 saturated heterocycles. The third-order valence-electron chi connectivity index (χ3n) is 4.70. The monoisotopic (exact) mass is 371 g/mol. The van der Waals surface area contributed by atoms with E-state index < -0.39 is 0 Å². The molecule has 1 aliphatic carbocycles. The van der Waals surface area contributed by atoms with Crippen molar-refractivity contribution in [3.63, 3.8) is 0 Å². The molecule has 4 heteroatoms. The number of benzene rings is 2. The van der Waals surface area contributed by atoms with Crippen molar-refractivity contribution in [2.75, 3.05) is 6.54 Å². The fourth-order valence-electron chi connectivity index (χ4n) is 3.24. The molecule has 1 atom stereocenters. The average molecular weight is 371 g/mol. The molecule has 0 fully saturated rings. The van der Waals surface area contributed by atoms with Crippen LogP contribution in [0.3, 0.4) is 0 Å². The zero-order valence-corrected chi connectivity index (χ0v) is 16.1. The first-order valence-corrected chi connectivity index (χ1v) is 9.43. The van der Waals surface area contributed by atoms with E-state index in [2.05, 4.69) is 34.2 Å². The van der Waals surface area contributed by atoms with Gasteiger partial charge in [-0.15, -0.1) is 0 Å². The average Bonchev–Trinajstić information content (AvgIpc) is 2.74. The van der Waals surface area contributed by atoms with Crippen molar-refractivity contribution in [1.82, 2.24) is 5.32 Å². The molecule has 0 heterocycles. The first-order chi connectivity index (χ1) is 13.7. The largest absolute Gasteiger partial charge is 0.384 e. The van der Waals surface area contributed by atoms with E-state index in [4.69, 9.17) is 0 Å². The third-order valence-corrected chi connectivity index (χ3v) is 4.70. The minimum Gasteiger partial charge on any atom is -0.384 e. The van der Waals surface area contributed by atoms with Crippen LogP contribution < -0.4 is 5.32 Å². The summed E-state index contributed by atoms with van der Waals surface area (Å²) in [6, 6.07) is 20.0. The van der Waals surface area contributed by atoms with Crippen molar-refractivity contribution in [2.45, 2.75) is 25.7 Å². The minimum atomic E-state index is 0.171. The van der Waals surface area contributed by atoms with Gasteiger partial charge in [0.1, 0.15) is 0 Å². The molecule has 1 unspecified atom stereocenters. The van der Waals surface area contributed by atoms with Gasteiger partial charge in [0.15, 0.2) is 11.6 Å². The van der Waals surface area contributed by atoms with Crippen molar-refractivity contribution in [1.29, 1.82) is 0 Å². The highest BCUT2D eigenvalue weighted by atomic mass is 16.1. The summed E-state index contributed by atoms with van der Waals surface area (Å²) in [5.74, 6) is 0.999. The molecule has 0 bridgehead atoms. The van der Waals surface area contributed by atoms with Crippen LogP contribution in [0.1, 0.15) is 36.8 Å². The van der Waals surface area contributed by atoms with E-state index in [9.17, 15) is 4.79 Å². The van der Waals surface area contributed by atoms with Gasteiger partial charge in [-0.05, 0) is 37.1 Å². The molecule has 142 valence electrons. The number of allylic oxidation sites excluding steroid dienone is 2. The number of carbonyl (C=O) groups is 1. The highest BCUT2D eigenvalue weighted by molar-refractivity contribution is 6.01. The molecule has 1 N–H and O–H groups in total. The van der Waals surface area contributed by atoms with Crippen LogP contribution in [0.4, 0.5) is 0 Å². The Bertz CT molecular complexity index is 911. The fraction of sp³-hybridized carbons (Fsp3) is 0.208. The lowest BCUT2D eigenvalue weighted by molar-refractivity contribution is -0.115. The number of rotatable bonds is 6. The Morgan fingerprint density at radius 2 is 1.79 bits per heavy atom. The molecule has 4 nitrogen and oxygen atoms in total. The molecular formula is C24H25N3O. The Hall–Kier alpha value is -3.27. The number of nitrogens with zero attached hydrogens (tertiary/aromatic N) is 2. The second-order valence-corrected chi connectivity index (χ2v) is 6.96. The summed E-state index contributed by atoms with van der Waals surface area (Å²) >= 11 is 0. The number of carbonyl (C=O) groups excluding carboxylic acids is 1. The van der Waals surface area contributed by atoms with Crippen LogP contribution in [0.15, 0.2) is 94.2 Å². The molecule has 0 amide bonds. The topological polar surface area (TPSA) is 53.8 Å². The van der Waals surface area contributed by atoms with Gasteiger partial charge >= 0.3 is 0 Å². The zero-order chi connectivity index (χ0) is 19.8. The molecule has 0 aromatic heterocycles. The van der Waals surface area contributed by atoms with Gasteiger partial charge in [0, 0.05) is 36.5 Å². The van der Waals surface area contributed by atoms with Gasteiger partial charge in [-0.25, -0.2) is 9.98 Å². The van der Waals surface area contributed by atoms with Crippen LogP contribution in [0, 0.1) is 0 Å². The molecule has 0 radical (unpaired) electrons. The van der Waals surface area contributed by atoms with E-state index in [1.165, 1.54) is 5.56 Å². The number of hydrogen-bond acceptors (Lipinski definition) is 3. The predicted molar refractivity (Wildman–Crippen MR) is 116 cm³/mol. The maximum Gasteiger partial charge on any atom is 0.158 e. The lowest BCUT2D eigenvalue weighted by Gasteiger charge is -2.23. The normalized spacial score (nSPS) is 17.8. The van der Waals surface area contributed by atoms with Gasteiger partial charge in [0.05, 0.1) is 0 Å². The maximum atomic E-state index is 12.1. The fourth-order valence-corrected chi connectivity index (χ4v) is 3.24. The molecule has 0 saturated carbocycles. The van der Waals surface area contributed by atoms with Gasteiger partial charge in [-0.1, -0.05) is 60.7 Å². The van der Waals surface area contributed by atoms with Crippen LogP contribution in [-0.2, 0) is 4.79 Å². The summed E-state index contributed by atoms with van der Waals surface area (Å²) in [5, 5.41) is 3.39. The second-order valence-electron chi connectivity index (χ2n) is 6.96. The van der Waals surface area contributed by atoms with E-state index >= 15 is 0 Å². The Kier molecular flexibility index (Phi) is 6.68. The molecule has 3 rings (SSSR count). The van der Waals surface area contributed by atoms with Crippen molar-refractivity contribution in [2.24, 2.45) is 9.98 Å². The molecule has 2 aromatic carbocycles. The second kappa shape index (κ2) is 9.60. The van der Waals surface area contributed by atoms with Gasteiger partial charge in [0.2, 0.25) is 0 Å². The summed E-state index contributed by atoms with van der Waals surface area (Å²) in [5.41, 5.74) is 4.17. The predicted octanol–water partition coefficient (Wildman–Crippen LogP) is 4.66. The number of nitrogens with one attached hydrogen (secondary N) is 1. The molecule has 1 aliphatic rings. The van der Waals surface area contributed by atoms with Crippen LogP contribution in [0.5, 0.6) is 0 Å². The lowest BCUT2D eigenvalue weighted by atomic mass is 9.85. The lowest BCUT2D eigenvalue weighted by Crippen LogP contribution is -2.23. The van der Waals surface area contributed by atoms with E-state index in [-0.39, 0.29) is 11.7 Å². The number of aliphatic imine (C=N–C) groups is 2. The van der Waals surface area contributed by atoms with Crippen molar-refractivity contribution >= 4 is 18.3 Å². The van der Waals surface area contributed by atoms with Crippen molar-refractivity contribution < 1.29 is 4.79 Å². The smallest absolute Gasteiger partial charge is 0.158 e. The summed E-state index contributed by atoms with van der Waals surface area (Å²) in [6.45, 7) is 6.24. The van der Waals surface area contributed by atoms with Crippen molar-refractivity contribution in [3.8, 4) is 0 Å². The SMILES string of the molecule is C=N/C(=N\C=C(/C)CNC1=CC(=O)CC(c2ccccc2)C1)c1ccccc1. The molecule has 28 heavy (non-hydrogen) atoms. The minimum absolute atomic E-state index is 0.171. The Balaban J connectivity index is 1.62. The van der Waals surface area contributed by atoms with Crippen molar-refractivity contribution in [3.05, 3.63) is 95.3 Å². The quantitative estimate of drug-likeness (QED) is 0.593. The molecule has 2 aromatic rings. The van der Waals surface area contributed by atoms with E-state index in [1.807, 2.05) is 55.5 Å². The maximum absolute atomic E-state index is 12.1. The van der Waals surface area contributed by atoms with Crippen LogP contribution >= 0.6 is 0 Å². The zero-order valence-electron chi connectivity index (χ0n) is 16.1. The molecule has 0 aliphatic heterocycles. The van der Waals surface area contributed by atoms with Crippen LogP contribution in [-0.4, -0.2) is 24.9 Å². The third kappa shape index (κ3) is 5.36. The van der Waals surface area contributed by atoms with Gasteiger partial charge in [0.25, 0.3) is 0 Å². The van der Waals surface area contributed by atoms with Gasteiger partial charge in [-0.2, -0.15) is 0 Å². The first-order valence-electron chi connectivity index (χ1n) is 9.43. The summed E-state index contributed by atoms with van der Waals surface area (Å²) in [6.07, 6.45) is 4.94. The Morgan fingerprint density at radius 3 is 2.46 bits per heavy atom. The summed E-state index contributed by atoms with van der Waals surface area (Å²) in [4.78, 5) is 20.6. The highest BCUT2D eigenvalue weighted by Crippen LogP contribution is 2.30. The van der Waals surface area contributed by atoms with E-state index in [0.717, 1.165) is 23.3 Å². The molecule has 0 spiro atoms. The summed E-state index contributed by atoms with van der Waals surface area (Å²) < 4.78 is 0. The Morgan fingerprint density at radius 1 is 1.11 bits per heavy atom. The Labute approximate surface area is 166 Å². The van der Waals surface area contributed by atoms with Crippen LogP contribution in [0.2, 0.25) is 0 Å². The van der Waals surface area contributed by atoms with E-state index in [1.54, 1.807) is 12.3 Å². The van der Waals surface area contributed by atoms with Crippen LogP contribution in [0.25, 0.3) is 0 Å². The molecular weight excluding hydrogens is 346 g/mol. The highest BCUT2D eigenvalue weighted by Gasteiger charge is 2.21. The van der Waals surface area contributed by atoms with Gasteiger partial charge in [-0.3, -0.25) is 4.79 Å². The first kappa shape index (κ1) is 19.5. The standard InChI is InChI=1S/C24H25N3O/c1-18(17-27-24(25-2)20-11-7-4-8-12-20)16-26-22-13-21(14-23(28)15-22)19-9-5-3-6-10-19/h3-12,15,17,21,26H,2,13-14,16H2,1H3/b18-17+,27-24-. The van der Waals surface area contributed by atoms with Gasteiger partial charge < -0.3 is 5.32 Å².